The van der Waals surface area contributed by atoms with Gasteiger partial charge in [-0.2, -0.15) is 0 Å². The van der Waals surface area contributed by atoms with Crippen LogP contribution in [0.2, 0.25) is 5.02 Å². The lowest BCUT2D eigenvalue weighted by Gasteiger charge is -2.05. The number of halogens is 1. The van der Waals surface area contributed by atoms with E-state index in [1.54, 1.807) is 0 Å². The van der Waals surface area contributed by atoms with Crippen LogP contribution in [-0.2, 0) is 6.54 Å². The number of nitrogens with one attached hydrogen (secondary N) is 1. The van der Waals surface area contributed by atoms with E-state index in [1.165, 1.54) is 35.4 Å². The van der Waals surface area contributed by atoms with Crippen molar-refractivity contribution in [2.75, 3.05) is 7.05 Å². The van der Waals surface area contributed by atoms with Crippen molar-refractivity contribution >= 4 is 22.9 Å². The molecule has 1 fully saturated rings. The summed E-state index contributed by atoms with van der Waals surface area (Å²) in [5.74, 6) is 0.748. The molecule has 1 heterocycles. The summed E-state index contributed by atoms with van der Waals surface area (Å²) in [4.78, 5) is 2.79. The van der Waals surface area contributed by atoms with E-state index in [-0.39, 0.29) is 0 Å². The maximum atomic E-state index is 6.24. The van der Waals surface area contributed by atoms with Crippen molar-refractivity contribution in [3.05, 3.63) is 20.8 Å². The van der Waals surface area contributed by atoms with Crippen LogP contribution in [0.4, 0.5) is 0 Å². The molecule has 0 bridgehead atoms. The van der Waals surface area contributed by atoms with Gasteiger partial charge in [0.25, 0.3) is 0 Å². The van der Waals surface area contributed by atoms with Gasteiger partial charge in [0.2, 0.25) is 0 Å². The van der Waals surface area contributed by atoms with Crippen molar-refractivity contribution in [3.8, 4) is 0 Å². The van der Waals surface area contributed by atoms with E-state index in [2.05, 4.69) is 11.4 Å². The van der Waals surface area contributed by atoms with Crippen LogP contribution in [0.25, 0.3) is 0 Å². The lowest BCUT2D eigenvalue weighted by molar-refractivity contribution is 0.738. The van der Waals surface area contributed by atoms with Crippen molar-refractivity contribution < 1.29 is 0 Å². The van der Waals surface area contributed by atoms with E-state index < -0.39 is 0 Å². The highest BCUT2D eigenvalue weighted by Crippen LogP contribution is 2.41. The Bertz CT molecular complexity index is 302. The predicted octanol–water partition coefficient (Wildman–Crippen LogP) is 3.78. The van der Waals surface area contributed by atoms with E-state index in [4.69, 9.17) is 11.6 Å². The maximum Gasteiger partial charge on any atom is 0.0551 e. The summed E-state index contributed by atoms with van der Waals surface area (Å²) in [5, 5.41) is 4.16. The van der Waals surface area contributed by atoms with Crippen LogP contribution >= 0.6 is 22.9 Å². The zero-order chi connectivity index (χ0) is 9.97. The average molecular weight is 230 g/mol. The third kappa shape index (κ3) is 2.13. The van der Waals surface area contributed by atoms with Crippen LogP contribution in [0.5, 0.6) is 0 Å². The zero-order valence-electron chi connectivity index (χ0n) is 8.48. The molecule has 78 valence electrons. The summed E-state index contributed by atoms with van der Waals surface area (Å²) >= 11 is 8.13. The predicted molar refractivity (Wildman–Crippen MR) is 63.3 cm³/mol. The Balaban J connectivity index is 2.15. The summed E-state index contributed by atoms with van der Waals surface area (Å²) in [7, 11) is 1.98. The SMILES string of the molecule is CNCc1cc(Cl)c(C2CCCC2)s1. The second kappa shape index (κ2) is 4.65. The molecule has 0 saturated heterocycles. The third-order valence-corrected chi connectivity index (χ3v) is 4.56. The first-order valence-electron chi connectivity index (χ1n) is 5.24. The normalized spacial score (nSPS) is 17.9. The van der Waals surface area contributed by atoms with Crippen molar-refractivity contribution in [2.45, 2.75) is 38.1 Å². The van der Waals surface area contributed by atoms with Crippen molar-refractivity contribution in [1.29, 1.82) is 0 Å². The van der Waals surface area contributed by atoms with Gasteiger partial charge in [-0.05, 0) is 31.9 Å². The fourth-order valence-corrected chi connectivity index (χ4v) is 3.86. The van der Waals surface area contributed by atoms with Crippen molar-refractivity contribution in [2.24, 2.45) is 0 Å². The van der Waals surface area contributed by atoms with Crippen LogP contribution in [0.3, 0.4) is 0 Å². The van der Waals surface area contributed by atoms with Crippen LogP contribution in [-0.4, -0.2) is 7.05 Å². The summed E-state index contributed by atoms with van der Waals surface area (Å²) < 4.78 is 0. The molecule has 1 aliphatic rings. The van der Waals surface area contributed by atoms with Gasteiger partial charge in [0, 0.05) is 16.3 Å². The summed E-state index contributed by atoms with van der Waals surface area (Å²) in [6.45, 7) is 0.942. The number of hydrogen-bond donors (Lipinski definition) is 1. The first-order chi connectivity index (χ1) is 6.81. The molecule has 1 saturated carbocycles. The average Bonchev–Trinajstić information content (AvgIpc) is 2.74. The summed E-state index contributed by atoms with van der Waals surface area (Å²) in [6.07, 6.45) is 5.42. The molecule has 0 unspecified atom stereocenters. The Morgan fingerprint density at radius 1 is 1.50 bits per heavy atom. The minimum Gasteiger partial charge on any atom is -0.315 e. The smallest absolute Gasteiger partial charge is 0.0551 e. The summed E-state index contributed by atoms with van der Waals surface area (Å²) in [5.41, 5.74) is 0. The van der Waals surface area contributed by atoms with E-state index in [1.807, 2.05) is 18.4 Å². The zero-order valence-corrected chi connectivity index (χ0v) is 10.0. The number of hydrogen-bond acceptors (Lipinski definition) is 2. The molecule has 0 spiro atoms. The number of thiophene rings is 1. The molecule has 2 rings (SSSR count). The Kier molecular flexibility index (Phi) is 3.47. The Morgan fingerprint density at radius 3 is 2.86 bits per heavy atom. The maximum absolute atomic E-state index is 6.24. The Labute approximate surface area is 94.5 Å². The van der Waals surface area contributed by atoms with Gasteiger partial charge in [0.1, 0.15) is 0 Å². The molecular formula is C11H16ClNS. The van der Waals surface area contributed by atoms with E-state index in [9.17, 15) is 0 Å². The van der Waals surface area contributed by atoms with Crippen LogP contribution in [0.15, 0.2) is 6.07 Å². The molecule has 1 aromatic heterocycles. The van der Waals surface area contributed by atoms with Gasteiger partial charge in [-0.25, -0.2) is 0 Å². The van der Waals surface area contributed by atoms with Gasteiger partial charge >= 0.3 is 0 Å². The van der Waals surface area contributed by atoms with Gasteiger partial charge in [-0.3, -0.25) is 0 Å². The second-order valence-corrected chi connectivity index (χ2v) is 5.51. The van der Waals surface area contributed by atoms with Crippen LogP contribution < -0.4 is 5.32 Å². The largest absolute Gasteiger partial charge is 0.315 e. The van der Waals surface area contributed by atoms with Crippen LogP contribution in [0, 0.1) is 0 Å². The minimum atomic E-state index is 0.748. The Hall–Kier alpha value is -0.0500. The molecule has 0 aromatic carbocycles. The van der Waals surface area contributed by atoms with Gasteiger partial charge in [0.05, 0.1) is 5.02 Å². The summed E-state index contributed by atoms with van der Waals surface area (Å²) in [6, 6.07) is 2.12. The van der Waals surface area contributed by atoms with E-state index in [0.717, 1.165) is 17.5 Å². The van der Waals surface area contributed by atoms with Gasteiger partial charge in [-0.15, -0.1) is 11.3 Å². The van der Waals surface area contributed by atoms with E-state index in [0.29, 0.717) is 0 Å². The monoisotopic (exact) mass is 229 g/mol. The minimum absolute atomic E-state index is 0.748. The first-order valence-corrected chi connectivity index (χ1v) is 6.43. The third-order valence-electron chi connectivity index (χ3n) is 2.84. The molecule has 0 aliphatic heterocycles. The highest BCUT2D eigenvalue weighted by atomic mass is 35.5. The standard InChI is InChI=1S/C11H16ClNS/c1-13-7-9-6-10(12)11(14-9)8-4-2-3-5-8/h6,8,13H,2-5,7H2,1H3. The molecule has 1 aliphatic carbocycles. The van der Waals surface area contributed by atoms with Gasteiger partial charge in [0.15, 0.2) is 0 Å². The lowest BCUT2D eigenvalue weighted by Crippen LogP contribution is -2.02. The fourth-order valence-electron chi connectivity index (χ4n) is 2.16. The fraction of sp³-hybridized carbons (Fsp3) is 0.636. The van der Waals surface area contributed by atoms with Crippen LogP contribution in [0.1, 0.15) is 41.4 Å². The Morgan fingerprint density at radius 2 is 2.21 bits per heavy atom. The molecule has 0 radical (unpaired) electrons. The molecule has 1 N–H and O–H groups in total. The molecule has 1 nitrogen and oxygen atoms in total. The van der Waals surface area contributed by atoms with Crippen molar-refractivity contribution in [1.82, 2.24) is 5.32 Å². The lowest BCUT2D eigenvalue weighted by atomic mass is 10.1. The first kappa shape index (κ1) is 10.5. The quantitative estimate of drug-likeness (QED) is 0.832. The van der Waals surface area contributed by atoms with Crippen molar-refractivity contribution in [3.63, 3.8) is 0 Å². The van der Waals surface area contributed by atoms with E-state index >= 15 is 0 Å². The highest BCUT2D eigenvalue weighted by molar-refractivity contribution is 7.12. The molecule has 0 amide bonds. The topological polar surface area (TPSA) is 12.0 Å². The molecule has 14 heavy (non-hydrogen) atoms. The highest BCUT2D eigenvalue weighted by Gasteiger charge is 2.21. The second-order valence-electron chi connectivity index (χ2n) is 3.94. The molecule has 3 heteroatoms. The van der Waals surface area contributed by atoms with Gasteiger partial charge in [-0.1, -0.05) is 24.4 Å². The molecule has 0 atom stereocenters. The molecule has 1 aromatic rings. The van der Waals surface area contributed by atoms with Gasteiger partial charge < -0.3 is 5.32 Å². The molecular weight excluding hydrogens is 214 g/mol. The number of rotatable bonds is 3.